The molecule has 0 saturated carbocycles. The van der Waals surface area contributed by atoms with Crippen molar-refractivity contribution in [1.82, 2.24) is 0 Å². The van der Waals surface area contributed by atoms with Crippen molar-refractivity contribution in [3.05, 3.63) is 0 Å². The minimum absolute atomic E-state index is 1.27. The zero-order chi connectivity index (χ0) is 4.00. The molecule has 0 aliphatic heterocycles. The van der Waals surface area contributed by atoms with E-state index in [1.165, 1.54) is 33.7 Å². The van der Waals surface area contributed by atoms with Crippen molar-refractivity contribution in [3.8, 4) is 0 Å². The Morgan fingerprint density at radius 3 is 0.750 bits per heavy atom. The van der Waals surface area contributed by atoms with E-state index in [0.717, 1.165) is 0 Å². The van der Waals surface area contributed by atoms with Gasteiger partial charge in [-0.3, -0.25) is 0 Å². The second-order valence-corrected chi connectivity index (χ2v) is 0. The normalized spacial score (nSPS) is 1.50. The second kappa shape index (κ2) is 22.1. The summed E-state index contributed by atoms with van der Waals surface area (Å²) in [6, 6.07) is 0. The van der Waals surface area contributed by atoms with Crippen molar-refractivity contribution in [1.29, 1.82) is 0 Å². The number of rotatable bonds is 0. The van der Waals surface area contributed by atoms with Crippen molar-refractivity contribution < 1.29 is 0 Å². The van der Waals surface area contributed by atoms with Gasteiger partial charge >= 0.3 is 53.8 Å². The van der Waals surface area contributed by atoms with E-state index in [4.69, 9.17) is 0 Å². The van der Waals surface area contributed by atoms with Gasteiger partial charge in [0.15, 0.2) is 0 Å². The molecule has 0 nitrogen and oxygen atoms in total. The van der Waals surface area contributed by atoms with Crippen molar-refractivity contribution >= 4 is 53.8 Å². The Morgan fingerprint density at radius 1 is 0.750 bits per heavy atom. The molecule has 0 aromatic carbocycles. The van der Waals surface area contributed by atoms with E-state index < -0.39 is 0 Å². The van der Waals surface area contributed by atoms with Crippen LogP contribution in [0.25, 0.3) is 0 Å². The molecule has 0 aromatic heterocycles. The summed E-state index contributed by atoms with van der Waals surface area (Å²) in [5, 5.41) is 0. The first-order valence-electron chi connectivity index (χ1n) is 0.471. The van der Waals surface area contributed by atoms with Crippen molar-refractivity contribution in [2.75, 3.05) is 0 Å². The van der Waals surface area contributed by atoms with Crippen molar-refractivity contribution in [3.63, 3.8) is 0 Å². The Kier molecular flexibility index (Phi) is 51.0. The van der Waals surface area contributed by atoms with Gasteiger partial charge in [0.25, 0.3) is 0 Å². The van der Waals surface area contributed by atoms with Gasteiger partial charge in [-0.1, -0.05) is 0 Å². The topological polar surface area (TPSA) is 0 Å². The predicted molar refractivity (Wildman–Crippen MR) is 26.7 cm³/mol. The van der Waals surface area contributed by atoms with Gasteiger partial charge in [-0.2, -0.15) is 0 Å². The molecule has 0 fully saturated rings. The summed E-state index contributed by atoms with van der Waals surface area (Å²) in [5.74, 6) is 0. The third kappa shape index (κ3) is 9.31. The first-order chi connectivity index (χ1) is 2.00. The fourth-order valence-electron chi connectivity index (χ4n) is 0. The van der Waals surface area contributed by atoms with Crippen LogP contribution in [0, 0.1) is 0 Å². The molecule has 0 saturated heterocycles. The summed E-state index contributed by atoms with van der Waals surface area (Å²) in [6.45, 7) is 0. The molecule has 0 spiro atoms. The van der Waals surface area contributed by atoms with Gasteiger partial charge in [-0.15, -0.1) is 0 Å². The van der Waals surface area contributed by atoms with Crippen molar-refractivity contribution in [2.45, 2.75) is 0 Å². The summed E-state index contributed by atoms with van der Waals surface area (Å²) in [4.78, 5) is 0. The van der Waals surface area contributed by atoms with E-state index in [1.807, 2.05) is 0 Å². The molecular weight excluding hydrogens is 204 g/mol. The Morgan fingerprint density at radius 2 is 0.750 bits per heavy atom. The monoisotopic (exact) mass is 202 g/mol. The fraction of sp³-hybridized carbons (Fsp3) is 0. The van der Waals surface area contributed by atoms with Crippen LogP contribution in [0.15, 0.2) is 0 Å². The molecule has 2 radical (unpaired) electrons. The van der Waals surface area contributed by atoms with Crippen LogP contribution >= 0.6 is 20.1 Å². The Bertz CT molecular complexity index is 6.00. The molecule has 0 heterocycles. The van der Waals surface area contributed by atoms with Crippen LogP contribution in [0.3, 0.4) is 0 Å². The summed E-state index contributed by atoms with van der Waals surface area (Å²) < 4.78 is 0. The quantitative estimate of drug-likeness (QED) is 0.527. The first-order valence-corrected chi connectivity index (χ1v) is 7.35. The molecular formula is Ga2S2. The van der Waals surface area contributed by atoms with E-state index in [-0.39, 0.29) is 0 Å². The second-order valence-electron chi connectivity index (χ2n) is 0. The predicted octanol–water partition coefficient (Wildman–Crippen LogP) is 0.535. The molecule has 0 unspecified atom stereocenters. The van der Waals surface area contributed by atoms with Crippen LogP contribution in [0.1, 0.15) is 0 Å². The Hall–Kier alpha value is 1.71. The fourth-order valence-corrected chi connectivity index (χ4v) is 0. The molecule has 0 aliphatic carbocycles. The van der Waals surface area contributed by atoms with Gasteiger partial charge in [-0.25, -0.2) is 0 Å². The van der Waals surface area contributed by atoms with Crippen LogP contribution < -0.4 is 0 Å². The number of hydrogen-bond acceptors (Lipinski definition) is 2. The molecule has 0 N–H and O–H groups in total. The Labute approximate surface area is 53.3 Å². The van der Waals surface area contributed by atoms with E-state index in [1.54, 1.807) is 0 Å². The first kappa shape index (κ1) is 9.20. The minimum atomic E-state index is 1.27. The zero-order valence-corrected chi connectivity index (χ0v) is 8.45. The third-order valence-corrected chi connectivity index (χ3v) is 0. The molecule has 0 atom stereocenters. The molecule has 4 heavy (non-hydrogen) atoms. The molecule has 18 valence electrons. The van der Waals surface area contributed by atoms with Gasteiger partial charge in [0.2, 0.25) is 0 Å². The zero-order valence-electron chi connectivity index (χ0n) is 1.97. The van der Waals surface area contributed by atoms with Gasteiger partial charge < -0.3 is 0 Å². The average Bonchev–Trinajstić information content (AvgIpc) is 1.50. The van der Waals surface area contributed by atoms with Crippen LogP contribution in [0.5, 0.6) is 0 Å². The van der Waals surface area contributed by atoms with Crippen LogP contribution in [-0.4, -0.2) is 33.7 Å². The van der Waals surface area contributed by atoms with E-state index in [9.17, 15) is 0 Å². The van der Waals surface area contributed by atoms with Crippen LogP contribution in [0.2, 0.25) is 0 Å². The molecule has 4 heteroatoms. The van der Waals surface area contributed by atoms with Crippen molar-refractivity contribution in [2.24, 2.45) is 0 Å². The molecule has 0 aromatic rings. The summed E-state index contributed by atoms with van der Waals surface area (Å²) in [6.07, 6.45) is 0. The maximum absolute atomic E-state index is 4.15. The summed E-state index contributed by atoms with van der Waals surface area (Å²) >= 11 is 2.54. The van der Waals surface area contributed by atoms with Gasteiger partial charge in [-0.05, 0) is 0 Å². The molecule has 0 amide bonds. The molecule has 0 bridgehead atoms. The van der Waals surface area contributed by atoms with E-state index >= 15 is 0 Å². The molecule has 0 rings (SSSR count). The maximum atomic E-state index is 4.15. The standard InChI is InChI=1S/2Ga.2S. The summed E-state index contributed by atoms with van der Waals surface area (Å²) in [7, 11) is 8.29. The van der Waals surface area contributed by atoms with Gasteiger partial charge in [0.05, 0.1) is 0 Å². The van der Waals surface area contributed by atoms with Gasteiger partial charge in [0.1, 0.15) is 0 Å². The Balaban J connectivity index is 0. The van der Waals surface area contributed by atoms with Crippen LogP contribution in [0.4, 0.5) is 0 Å². The third-order valence-electron chi connectivity index (χ3n) is 0. The average molecular weight is 204 g/mol. The van der Waals surface area contributed by atoms with E-state index in [2.05, 4.69) is 20.1 Å². The van der Waals surface area contributed by atoms with E-state index in [0.29, 0.717) is 0 Å². The number of hydrogen-bond donors (Lipinski definition) is 0. The van der Waals surface area contributed by atoms with Gasteiger partial charge in [0, 0.05) is 0 Å². The SMILES string of the molecule is [S]=[Ga].[S]=[Ga]. The molecule has 0 aliphatic rings. The van der Waals surface area contributed by atoms with Crippen LogP contribution in [-0.2, 0) is 0 Å². The summed E-state index contributed by atoms with van der Waals surface area (Å²) in [5.41, 5.74) is 0.